The smallest absolute Gasteiger partial charge is 0.319 e. The lowest BCUT2D eigenvalue weighted by molar-refractivity contribution is -0.137. The van der Waals surface area contributed by atoms with Crippen LogP contribution in [0.3, 0.4) is 0 Å². The van der Waals surface area contributed by atoms with Gasteiger partial charge in [0.05, 0.1) is 12.6 Å². The van der Waals surface area contributed by atoms with E-state index in [4.69, 9.17) is 9.84 Å². The first-order valence-corrected chi connectivity index (χ1v) is 6.76. The van der Waals surface area contributed by atoms with Gasteiger partial charge in [0, 0.05) is 7.11 Å². The molecule has 1 aliphatic carbocycles. The van der Waals surface area contributed by atoms with E-state index in [-0.39, 0.29) is 6.61 Å². The number of carbonyl (C=O) groups is 1. The molecule has 100 valence electrons. The van der Waals surface area contributed by atoms with Gasteiger partial charge in [0.1, 0.15) is 5.25 Å². The van der Waals surface area contributed by atoms with Crippen LogP contribution in [0.1, 0.15) is 31.7 Å². The predicted octanol–water partition coefficient (Wildman–Crippen LogP) is 0.980. The van der Waals surface area contributed by atoms with Gasteiger partial charge in [-0.1, -0.05) is 24.6 Å². The summed E-state index contributed by atoms with van der Waals surface area (Å²) >= 11 is 1.14. The molecule has 0 aromatic carbocycles. The van der Waals surface area contributed by atoms with Gasteiger partial charge >= 0.3 is 5.97 Å². The molecule has 1 heterocycles. The summed E-state index contributed by atoms with van der Waals surface area (Å²) in [5.41, 5.74) is 0. The number of hydrogen-bond donors (Lipinski definition) is 1. The van der Waals surface area contributed by atoms with Gasteiger partial charge in [-0.3, -0.25) is 4.79 Å². The molecule has 7 nitrogen and oxygen atoms in total. The molecule has 1 saturated carbocycles. The molecular weight excluding hydrogens is 256 g/mol. The summed E-state index contributed by atoms with van der Waals surface area (Å²) in [4.78, 5) is 11.1. The number of nitrogens with zero attached hydrogens (tertiary/aromatic N) is 4. The molecule has 1 aromatic heterocycles. The molecule has 1 aromatic rings. The van der Waals surface area contributed by atoms with E-state index in [2.05, 4.69) is 15.5 Å². The number of tetrazole rings is 1. The molecule has 0 aliphatic heterocycles. The fourth-order valence-corrected chi connectivity index (χ4v) is 3.01. The Kier molecular flexibility index (Phi) is 4.54. The van der Waals surface area contributed by atoms with Crippen molar-refractivity contribution in [2.24, 2.45) is 0 Å². The summed E-state index contributed by atoms with van der Waals surface area (Å²) < 4.78 is 6.65. The maximum absolute atomic E-state index is 11.1. The fraction of sp³-hybridized carbons (Fsp3) is 0.800. The highest BCUT2D eigenvalue weighted by molar-refractivity contribution is 8.00. The van der Waals surface area contributed by atoms with Crippen LogP contribution in [0.25, 0.3) is 0 Å². The van der Waals surface area contributed by atoms with Crippen molar-refractivity contribution in [2.75, 3.05) is 13.7 Å². The van der Waals surface area contributed by atoms with E-state index in [9.17, 15) is 4.79 Å². The molecule has 8 heteroatoms. The number of aromatic nitrogens is 4. The molecule has 0 bridgehead atoms. The summed E-state index contributed by atoms with van der Waals surface area (Å²) in [5.74, 6) is -0.914. The Hall–Kier alpha value is -1.15. The van der Waals surface area contributed by atoms with Crippen LogP contribution in [0.2, 0.25) is 0 Å². The van der Waals surface area contributed by atoms with E-state index in [0.717, 1.165) is 24.6 Å². The van der Waals surface area contributed by atoms with E-state index >= 15 is 0 Å². The Morgan fingerprint density at radius 1 is 1.61 bits per heavy atom. The first-order valence-electron chi connectivity index (χ1n) is 5.88. The zero-order valence-corrected chi connectivity index (χ0v) is 11.0. The normalized spacial score (nSPS) is 18.1. The van der Waals surface area contributed by atoms with Crippen LogP contribution in [0.15, 0.2) is 5.16 Å². The van der Waals surface area contributed by atoms with Crippen LogP contribution in [-0.4, -0.2) is 50.2 Å². The second kappa shape index (κ2) is 6.14. The van der Waals surface area contributed by atoms with Crippen LogP contribution in [0.4, 0.5) is 0 Å². The number of thioether (sulfide) groups is 1. The van der Waals surface area contributed by atoms with Crippen molar-refractivity contribution in [1.82, 2.24) is 20.2 Å². The third-order valence-corrected chi connectivity index (χ3v) is 4.08. The quantitative estimate of drug-likeness (QED) is 0.772. The topological polar surface area (TPSA) is 90.1 Å². The highest BCUT2D eigenvalue weighted by Crippen LogP contribution is 2.32. The number of carboxylic acid groups (broad SMARTS) is 1. The lowest BCUT2D eigenvalue weighted by Crippen LogP contribution is -2.23. The number of hydrogen-bond acceptors (Lipinski definition) is 6. The zero-order valence-electron chi connectivity index (χ0n) is 10.2. The van der Waals surface area contributed by atoms with Crippen LogP contribution in [0, 0.1) is 0 Å². The number of rotatable bonds is 6. The van der Waals surface area contributed by atoms with Crippen molar-refractivity contribution in [3.05, 3.63) is 0 Å². The minimum absolute atomic E-state index is 0.136. The maximum atomic E-state index is 11.1. The third kappa shape index (κ3) is 2.99. The van der Waals surface area contributed by atoms with Crippen LogP contribution in [-0.2, 0) is 9.53 Å². The Balaban J connectivity index is 2.08. The van der Waals surface area contributed by atoms with Gasteiger partial charge in [-0.05, 0) is 23.3 Å². The zero-order chi connectivity index (χ0) is 13.0. The van der Waals surface area contributed by atoms with Crippen molar-refractivity contribution < 1.29 is 14.6 Å². The number of carboxylic acids is 1. The highest BCUT2D eigenvalue weighted by Gasteiger charge is 2.26. The van der Waals surface area contributed by atoms with Crippen LogP contribution >= 0.6 is 11.8 Å². The summed E-state index contributed by atoms with van der Waals surface area (Å²) in [5, 5.41) is 20.5. The van der Waals surface area contributed by atoms with Gasteiger partial charge in [0.2, 0.25) is 5.16 Å². The summed E-state index contributed by atoms with van der Waals surface area (Å²) in [7, 11) is 1.48. The molecule has 1 aliphatic rings. The van der Waals surface area contributed by atoms with Gasteiger partial charge in [-0.2, -0.15) is 0 Å². The van der Waals surface area contributed by atoms with Gasteiger partial charge in [0.25, 0.3) is 0 Å². The number of aliphatic carboxylic acids is 1. The average molecular weight is 272 g/mol. The molecular formula is C10H16N4O3S. The predicted molar refractivity (Wildman–Crippen MR) is 64.5 cm³/mol. The van der Waals surface area contributed by atoms with E-state index in [1.54, 1.807) is 4.68 Å². The van der Waals surface area contributed by atoms with E-state index < -0.39 is 11.2 Å². The largest absolute Gasteiger partial charge is 0.480 e. The third-order valence-electron chi connectivity index (χ3n) is 2.97. The molecule has 2 rings (SSSR count). The van der Waals surface area contributed by atoms with Gasteiger partial charge in [0.15, 0.2) is 0 Å². The van der Waals surface area contributed by atoms with Crippen molar-refractivity contribution in [3.63, 3.8) is 0 Å². The first-order chi connectivity index (χ1) is 8.72. The Bertz CT molecular complexity index is 406. The molecule has 1 N–H and O–H groups in total. The second-order valence-electron chi connectivity index (χ2n) is 4.24. The van der Waals surface area contributed by atoms with Gasteiger partial charge in [-0.15, -0.1) is 5.10 Å². The Morgan fingerprint density at radius 3 is 2.94 bits per heavy atom. The Morgan fingerprint density at radius 2 is 2.33 bits per heavy atom. The van der Waals surface area contributed by atoms with Gasteiger partial charge in [-0.25, -0.2) is 4.68 Å². The van der Waals surface area contributed by atoms with Gasteiger partial charge < -0.3 is 9.84 Å². The van der Waals surface area contributed by atoms with Crippen molar-refractivity contribution in [1.29, 1.82) is 0 Å². The molecule has 0 spiro atoms. The van der Waals surface area contributed by atoms with E-state index in [1.165, 1.54) is 20.0 Å². The van der Waals surface area contributed by atoms with Crippen molar-refractivity contribution in [3.8, 4) is 0 Å². The standard InChI is InChI=1S/C10H16N4O3S/c1-17-6-8(9(15)16)18-10-11-12-13-14(10)7-4-2-3-5-7/h7-8H,2-6H2,1H3,(H,15,16). The number of ether oxygens (including phenoxy) is 1. The molecule has 1 atom stereocenters. The Labute approximate surface area is 109 Å². The van der Waals surface area contributed by atoms with E-state index in [0.29, 0.717) is 11.2 Å². The monoisotopic (exact) mass is 272 g/mol. The minimum Gasteiger partial charge on any atom is -0.480 e. The molecule has 0 radical (unpaired) electrons. The number of methoxy groups -OCH3 is 1. The summed E-state index contributed by atoms with van der Waals surface area (Å²) in [6, 6.07) is 0.305. The minimum atomic E-state index is -0.914. The molecule has 1 fully saturated rings. The second-order valence-corrected chi connectivity index (χ2v) is 5.41. The molecule has 18 heavy (non-hydrogen) atoms. The molecule has 0 amide bonds. The lowest BCUT2D eigenvalue weighted by Gasteiger charge is -2.13. The SMILES string of the molecule is COCC(Sc1nnnn1C1CCCC1)C(=O)O. The fourth-order valence-electron chi connectivity index (χ4n) is 2.08. The first kappa shape index (κ1) is 13.3. The average Bonchev–Trinajstić information content (AvgIpc) is 2.97. The van der Waals surface area contributed by atoms with Crippen LogP contribution < -0.4 is 0 Å². The molecule has 0 saturated heterocycles. The summed E-state index contributed by atoms with van der Waals surface area (Å²) in [6.45, 7) is 0.136. The molecule has 1 unspecified atom stereocenters. The summed E-state index contributed by atoms with van der Waals surface area (Å²) in [6.07, 6.45) is 4.46. The van der Waals surface area contributed by atoms with Crippen LogP contribution in [0.5, 0.6) is 0 Å². The van der Waals surface area contributed by atoms with Crippen molar-refractivity contribution >= 4 is 17.7 Å². The van der Waals surface area contributed by atoms with E-state index in [1.807, 2.05) is 0 Å². The highest BCUT2D eigenvalue weighted by atomic mass is 32.2. The maximum Gasteiger partial charge on any atom is 0.319 e. The van der Waals surface area contributed by atoms with Crippen molar-refractivity contribution in [2.45, 2.75) is 42.1 Å². The lowest BCUT2D eigenvalue weighted by atomic mass is 10.3.